The lowest BCUT2D eigenvalue weighted by Gasteiger charge is -2.20. The minimum absolute atomic E-state index is 0.0290. The Balaban J connectivity index is 1.52. The molecule has 2 aliphatic heterocycles. The van der Waals surface area contributed by atoms with Gasteiger partial charge in [0.05, 0.1) is 17.2 Å². The highest BCUT2D eigenvalue weighted by molar-refractivity contribution is 8.26. The van der Waals surface area contributed by atoms with Crippen molar-refractivity contribution in [3.05, 3.63) is 58.1 Å². The number of amides is 1. The minimum Gasteiger partial charge on any atom is -0.490 e. The molecule has 1 amide bonds. The number of ether oxygens (including phenoxy) is 3. The third-order valence-electron chi connectivity index (χ3n) is 5.12. The van der Waals surface area contributed by atoms with Crippen LogP contribution in [0.3, 0.4) is 0 Å². The van der Waals surface area contributed by atoms with Crippen LogP contribution in [0.25, 0.3) is 6.08 Å². The summed E-state index contributed by atoms with van der Waals surface area (Å²) in [5.74, 6) is 1.10. The Bertz CT molecular complexity index is 1260. The van der Waals surface area contributed by atoms with Crippen molar-refractivity contribution in [1.82, 2.24) is 5.01 Å². The van der Waals surface area contributed by atoms with Gasteiger partial charge in [-0.1, -0.05) is 36.7 Å². The molecule has 0 unspecified atom stereocenters. The molecule has 1 N–H and O–H groups in total. The van der Waals surface area contributed by atoms with Crippen LogP contribution in [0.15, 0.2) is 52.1 Å². The molecule has 0 fully saturated rings. The summed E-state index contributed by atoms with van der Waals surface area (Å²) in [7, 11) is 0. The molecule has 2 aliphatic rings. The average Bonchev–Trinajstić information content (AvgIpc) is 3.25. The van der Waals surface area contributed by atoms with E-state index in [1.807, 2.05) is 45.0 Å². The lowest BCUT2D eigenvalue weighted by Crippen LogP contribution is -2.35. The number of amidine groups is 2. The van der Waals surface area contributed by atoms with E-state index in [2.05, 4.69) is 10.1 Å². The van der Waals surface area contributed by atoms with E-state index in [-0.39, 0.29) is 18.0 Å². The summed E-state index contributed by atoms with van der Waals surface area (Å²) in [5.41, 5.74) is 1.75. The quantitative estimate of drug-likeness (QED) is 0.350. The van der Waals surface area contributed by atoms with Crippen molar-refractivity contribution in [2.45, 2.75) is 27.2 Å². The van der Waals surface area contributed by atoms with Crippen molar-refractivity contribution in [2.24, 2.45) is 10.1 Å². The Morgan fingerprint density at radius 3 is 2.63 bits per heavy atom. The molecular weight excluding hydrogens is 488 g/mol. The zero-order valence-corrected chi connectivity index (χ0v) is 21.2. The number of carbonyl (C=O) groups is 1. The normalized spacial score (nSPS) is 16.2. The van der Waals surface area contributed by atoms with Gasteiger partial charge in [0.15, 0.2) is 17.3 Å². The molecule has 2 heterocycles. The Labute approximate surface area is 213 Å². The molecule has 8 nitrogen and oxygen atoms in total. The first kappa shape index (κ1) is 24.8. The molecule has 0 aromatic heterocycles. The molecule has 0 radical (unpaired) electrons. The second kappa shape index (κ2) is 11.0. The van der Waals surface area contributed by atoms with E-state index >= 15 is 0 Å². The first-order valence-electron chi connectivity index (χ1n) is 11.2. The van der Waals surface area contributed by atoms with Gasteiger partial charge in [0.1, 0.15) is 24.0 Å². The highest BCUT2D eigenvalue weighted by atomic mass is 35.5. The predicted octanol–water partition coefficient (Wildman–Crippen LogP) is 5.53. The van der Waals surface area contributed by atoms with Crippen molar-refractivity contribution in [2.75, 3.05) is 19.8 Å². The predicted molar refractivity (Wildman–Crippen MR) is 140 cm³/mol. The maximum absolute atomic E-state index is 12.6. The van der Waals surface area contributed by atoms with Crippen LogP contribution in [0.4, 0.5) is 0 Å². The van der Waals surface area contributed by atoms with Crippen LogP contribution < -0.4 is 14.2 Å². The molecular formula is C25H25ClN4O4S. The topological polar surface area (TPSA) is 96.6 Å². The van der Waals surface area contributed by atoms with E-state index in [0.29, 0.717) is 46.9 Å². The number of hydrogen-bond acceptors (Lipinski definition) is 7. The first-order chi connectivity index (χ1) is 16.9. The summed E-state index contributed by atoms with van der Waals surface area (Å²) in [5, 5.41) is 15.8. The van der Waals surface area contributed by atoms with Gasteiger partial charge in [-0.2, -0.15) is 15.1 Å². The summed E-state index contributed by atoms with van der Waals surface area (Å²) in [6, 6.07) is 11.1. The van der Waals surface area contributed by atoms with E-state index in [1.165, 1.54) is 16.8 Å². The van der Waals surface area contributed by atoms with E-state index < -0.39 is 5.91 Å². The molecule has 0 aliphatic carbocycles. The Hall–Kier alpha value is -3.30. The van der Waals surface area contributed by atoms with Crippen LogP contribution >= 0.6 is 23.4 Å². The van der Waals surface area contributed by atoms with E-state index in [1.54, 1.807) is 18.2 Å². The van der Waals surface area contributed by atoms with E-state index in [4.69, 9.17) is 31.2 Å². The van der Waals surface area contributed by atoms with Crippen molar-refractivity contribution < 1.29 is 19.0 Å². The van der Waals surface area contributed by atoms with Crippen LogP contribution in [-0.4, -0.2) is 46.8 Å². The Morgan fingerprint density at radius 1 is 1.11 bits per heavy atom. The molecule has 10 heteroatoms. The number of hydrazone groups is 1. The first-order valence-corrected chi connectivity index (χ1v) is 12.4. The lowest BCUT2D eigenvalue weighted by atomic mass is 10.1. The molecule has 2 aromatic rings. The van der Waals surface area contributed by atoms with Crippen molar-refractivity contribution in [3.63, 3.8) is 0 Å². The fourth-order valence-electron chi connectivity index (χ4n) is 3.43. The number of rotatable bonds is 9. The summed E-state index contributed by atoms with van der Waals surface area (Å²) in [6.45, 7) is 6.79. The molecule has 182 valence electrons. The Kier molecular flexibility index (Phi) is 7.77. The lowest BCUT2D eigenvalue weighted by molar-refractivity contribution is -0.114. The standard InChI is InChI=1S/C25H25ClN4O4S/c1-4-21-29-30-23(27)17(24(31)28-25(30)35-21)12-16-13-18(26)22(20(14-16)32-5-2)34-11-10-33-19-9-7-6-8-15(19)3/h6-9,12-14,27H,4-5,10-11H2,1-3H3/b17-12+,27-23?. The van der Waals surface area contributed by atoms with Gasteiger partial charge in [0.25, 0.3) is 5.91 Å². The van der Waals surface area contributed by atoms with E-state index in [0.717, 1.165) is 16.4 Å². The molecule has 0 atom stereocenters. The molecule has 35 heavy (non-hydrogen) atoms. The zero-order valence-electron chi connectivity index (χ0n) is 19.6. The summed E-state index contributed by atoms with van der Waals surface area (Å²) < 4.78 is 17.4. The van der Waals surface area contributed by atoms with Gasteiger partial charge in [-0.05, 0) is 67.4 Å². The molecule has 0 spiro atoms. The number of thioether (sulfide) groups is 1. The van der Waals surface area contributed by atoms with Gasteiger partial charge in [-0.15, -0.1) is 0 Å². The second-order valence-electron chi connectivity index (χ2n) is 7.59. The van der Waals surface area contributed by atoms with Gasteiger partial charge in [0, 0.05) is 0 Å². The van der Waals surface area contributed by atoms with Crippen molar-refractivity contribution >= 4 is 51.4 Å². The number of benzene rings is 2. The number of fused-ring (bicyclic) bond motifs is 1. The fraction of sp³-hybridized carbons (Fsp3) is 0.280. The van der Waals surface area contributed by atoms with Crippen molar-refractivity contribution in [1.29, 1.82) is 5.41 Å². The summed E-state index contributed by atoms with van der Waals surface area (Å²) >= 11 is 7.83. The smallest absolute Gasteiger partial charge is 0.283 e. The van der Waals surface area contributed by atoms with E-state index in [9.17, 15) is 4.79 Å². The third-order valence-corrected chi connectivity index (χ3v) is 6.46. The van der Waals surface area contributed by atoms with Gasteiger partial charge in [0.2, 0.25) is 5.17 Å². The molecule has 0 saturated heterocycles. The number of hydrogen-bond donors (Lipinski definition) is 1. The van der Waals surface area contributed by atoms with Crippen LogP contribution in [0.1, 0.15) is 31.4 Å². The zero-order chi connectivity index (χ0) is 24.9. The molecule has 2 aromatic carbocycles. The summed E-state index contributed by atoms with van der Waals surface area (Å²) in [4.78, 5) is 16.7. The van der Waals surface area contributed by atoms with Gasteiger partial charge < -0.3 is 14.2 Å². The Morgan fingerprint density at radius 2 is 1.89 bits per heavy atom. The van der Waals surface area contributed by atoms with Gasteiger partial charge >= 0.3 is 0 Å². The van der Waals surface area contributed by atoms with Crippen LogP contribution in [-0.2, 0) is 4.79 Å². The largest absolute Gasteiger partial charge is 0.490 e. The monoisotopic (exact) mass is 512 g/mol. The van der Waals surface area contributed by atoms with Gasteiger partial charge in [-0.25, -0.2) is 0 Å². The maximum atomic E-state index is 12.6. The average molecular weight is 513 g/mol. The molecule has 0 bridgehead atoms. The molecule has 4 rings (SSSR count). The van der Waals surface area contributed by atoms with Gasteiger partial charge in [-0.3, -0.25) is 10.2 Å². The van der Waals surface area contributed by atoms with Crippen LogP contribution in [0.5, 0.6) is 17.2 Å². The number of aryl methyl sites for hydroxylation is 1. The highest BCUT2D eigenvalue weighted by Gasteiger charge is 2.35. The number of aliphatic imine (C=N–C) groups is 1. The number of nitrogens with zero attached hydrogens (tertiary/aromatic N) is 3. The van der Waals surface area contributed by atoms with Crippen molar-refractivity contribution in [3.8, 4) is 17.2 Å². The number of para-hydroxylation sites is 1. The summed E-state index contributed by atoms with van der Waals surface area (Å²) in [6.07, 6.45) is 2.26. The second-order valence-corrected chi connectivity index (χ2v) is 9.04. The minimum atomic E-state index is -0.496. The number of carbonyl (C=O) groups excluding carboxylic acids is 1. The fourth-order valence-corrected chi connectivity index (χ4v) is 4.53. The number of halogens is 1. The maximum Gasteiger partial charge on any atom is 0.283 e. The third kappa shape index (κ3) is 5.52. The van der Waals surface area contributed by atoms with Crippen LogP contribution in [0.2, 0.25) is 5.02 Å². The number of nitrogens with one attached hydrogen (secondary N) is 1. The van der Waals surface area contributed by atoms with Crippen LogP contribution in [0, 0.1) is 12.3 Å². The SMILES string of the molecule is CCOc1cc(/C=C2\C(=N)N3N=C(CC)SC3=NC2=O)cc(Cl)c1OCCOc1ccccc1C. The highest BCUT2D eigenvalue weighted by Crippen LogP contribution is 2.38. The molecule has 0 saturated carbocycles.